The van der Waals surface area contributed by atoms with Crippen LogP contribution in [-0.4, -0.2) is 24.4 Å². The van der Waals surface area contributed by atoms with Crippen molar-refractivity contribution in [3.05, 3.63) is 57.6 Å². The number of methoxy groups -OCH3 is 2. The predicted molar refractivity (Wildman–Crippen MR) is 103 cm³/mol. The topological polar surface area (TPSA) is 59.2 Å². The van der Waals surface area contributed by atoms with Crippen LogP contribution < -0.4 is 14.8 Å². The number of aromatic nitrogens is 2. The Morgan fingerprint density at radius 3 is 2.77 bits per heavy atom. The van der Waals surface area contributed by atoms with Crippen molar-refractivity contribution in [1.29, 1.82) is 0 Å². The van der Waals surface area contributed by atoms with Crippen LogP contribution in [0.4, 0.5) is 5.82 Å². The van der Waals surface area contributed by atoms with Gasteiger partial charge >= 0.3 is 0 Å². The first kappa shape index (κ1) is 16.8. The molecule has 4 rings (SSSR count). The normalized spacial score (nSPS) is 11.8. The highest BCUT2D eigenvalue weighted by molar-refractivity contribution is 6.31. The number of nitrogens with zero attached hydrogens (tertiary/aromatic N) is 1. The molecule has 26 heavy (non-hydrogen) atoms. The van der Waals surface area contributed by atoms with E-state index in [1.165, 1.54) is 0 Å². The van der Waals surface area contributed by atoms with Crippen LogP contribution in [0.2, 0.25) is 5.02 Å². The second-order valence-electron chi connectivity index (χ2n) is 6.35. The number of fused-ring (bicyclic) bond motifs is 3. The Morgan fingerprint density at radius 1 is 1.19 bits per heavy atom. The molecule has 1 aliphatic carbocycles. The van der Waals surface area contributed by atoms with Gasteiger partial charge in [-0.25, -0.2) is 0 Å². The molecule has 2 N–H and O–H groups in total. The number of aryl methyl sites for hydroxylation is 1. The number of halogens is 1. The molecule has 1 heterocycles. The minimum Gasteiger partial charge on any atom is -0.497 e. The first-order valence-corrected chi connectivity index (χ1v) is 8.80. The second-order valence-corrected chi connectivity index (χ2v) is 6.75. The van der Waals surface area contributed by atoms with Gasteiger partial charge in [0.25, 0.3) is 0 Å². The number of nitrogens with one attached hydrogen (secondary N) is 2. The number of H-pyrrole nitrogens is 1. The minimum atomic E-state index is 0.625. The highest BCUT2D eigenvalue weighted by atomic mass is 35.5. The van der Waals surface area contributed by atoms with E-state index < -0.39 is 0 Å². The Kier molecular flexibility index (Phi) is 4.24. The number of hydrogen-bond acceptors (Lipinski definition) is 4. The third-order valence-corrected chi connectivity index (χ3v) is 5.27. The van der Waals surface area contributed by atoms with Gasteiger partial charge in [0, 0.05) is 40.7 Å². The summed E-state index contributed by atoms with van der Waals surface area (Å²) in [6.45, 7) is 2.68. The Bertz CT molecular complexity index is 961. The summed E-state index contributed by atoms with van der Waals surface area (Å²) >= 11 is 6.33. The number of hydrogen-bond donors (Lipinski definition) is 2. The molecule has 0 fully saturated rings. The first-order valence-electron chi connectivity index (χ1n) is 8.42. The van der Waals surface area contributed by atoms with Crippen LogP contribution in [0.15, 0.2) is 30.3 Å². The molecule has 6 heteroatoms. The van der Waals surface area contributed by atoms with E-state index >= 15 is 0 Å². The van der Waals surface area contributed by atoms with Crippen LogP contribution in [0, 0.1) is 6.92 Å². The molecule has 0 unspecified atom stereocenters. The number of anilines is 1. The summed E-state index contributed by atoms with van der Waals surface area (Å²) in [5.74, 6) is 2.44. The molecule has 0 aliphatic heterocycles. The van der Waals surface area contributed by atoms with Crippen molar-refractivity contribution in [1.82, 2.24) is 10.2 Å². The monoisotopic (exact) mass is 369 g/mol. The van der Waals surface area contributed by atoms with Gasteiger partial charge in [0.15, 0.2) is 5.82 Å². The fourth-order valence-electron chi connectivity index (χ4n) is 3.47. The Labute approximate surface area is 157 Å². The summed E-state index contributed by atoms with van der Waals surface area (Å²) in [5, 5.41) is 11.8. The van der Waals surface area contributed by atoms with Crippen LogP contribution in [-0.2, 0) is 13.0 Å². The molecule has 0 bridgehead atoms. The smallest absolute Gasteiger partial charge is 0.152 e. The van der Waals surface area contributed by atoms with Gasteiger partial charge in [0.05, 0.1) is 19.9 Å². The maximum atomic E-state index is 6.33. The van der Waals surface area contributed by atoms with Crippen molar-refractivity contribution >= 4 is 17.4 Å². The van der Waals surface area contributed by atoms with Crippen molar-refractivity contribution in [3.8, 4) is 22.8 Å². The van der Waals surface area contributed by atoms with Gasteiger partial charge < -0.3 is 14.8 Å². The summed E-state index contributed by atoms with van der Waals surface area (Å²) in [4.78, 5) is 0. The van der Waals surface area contributed by atoms with Crippen LogP contribution >= 0.6 is 11.6 Å². The van der Waals surface area contributed by atoms with E-state index in [1.807, 2.05) is 24.3 Å². The number of ether oxygens (including phenoxy) is 2. The summed E-state index contributed by atoms with van der Waals surface area (Å²) in [5.41, 5.74) is 6.61. The lowest BCUT2D eigenvalue weighted by molar-refractivity contribution is 0.392. The zero-order valence-electron chi connectivity index (χ0n) is 14.9. The number of aromatic amines is 1. The molecule has 0 saturated carbocycles. The quantitative estimate of drug-likeness (QED) is 0.541. The highest BCUT2D eigenvalue weighted by Crippen LogP contribution is 2.45. The first-order chi connectivity index (χ1) is 12.6. The Morgan fingerprint density at radius 2 is 2.04 bits per heavy atom. The highest BCUT2D eigenvalue weighted by Gasteiger charge is 2.28. The third-order valence-electron chi connectivity index (χ3n) is 4.91. The van der Waals surface area contributed by atoms with Crippen LogP contribution in [0.25, 0.3) is 11.3 Å². The van der Waals surface area contributed by atoms with Crippen LogP contribution in [0.3, 0.4) is 0 Å². The lowest BCUT2D eigenvalue weighted by atomic mass is 10.1. The van der Waals surface area contributed by atoms with E-state index in [9.17, 15) is 0 Å². The van der Waals surface area contributed by atoms with Crippen molar-refractivity contribution in [2.75, 3.05) is 19.5 Å². The lowest BCUT2D eigenvalue weighted by Gasteiger charge is -2.11. The molecule has 1 aromatic heterocycles. The van der Waals surface area contributed by atoms with Gasteiger partial charge in [-0.3, -0.25) is 5.10 Å². The van der Waals surface area contributed by atoms with Crippen molar-refractivity contribution < 1.29 is 9.47 Å². The average Bonchev–Trinajstić information content (AvgIpc) is 3.20. The van der Waals surface area contributed by atoms with E-state index in [2.05, 4.69) is 28.5 Å². The summed E-state index contributed by atoms with van der Waals surface area (Å²) in [6, 6.07) is 9.87. The molecule has 0 atom stereocenters. The predicted octanol–water partition coefficient (Wildman–Crippen LogP) is 4.57. The fraction of sp³-hybridized carbons (Fsp3) is 0.250. The van der Waals surface area contributed by atoms with Gasteiger partial charge in [0.2, 0.25) is 0 Å². The van der Waals surface area contributed by atoms with Gasteiger partial charge in [-0.1, -0.05) is 23.7 Å². The maximum Gasteiger partial charge on any atom is 0.152 e. The van der Waals surface area contributed by atoms with Crippen LogP contribution in [0.5, 0.6) is 11.5 Å². The Balaban J connectivity index is 1.65. The SMILES string of the molecule is COc1cc(OC)c2c(c1)-c1[nH]nc(NCc3c(C)cccc3Cl)c1C2. The van der Waals surface area contributed by atoms with Crippen molar-refractivity contribution in [2.45, 2.75) is 19.9 Å². The summed E-state index contributed by atoms with van der Waals surface area (Å²) in [6.07, 6.45) is 0.762. The molecule has 0 radical (unpaired) electrons. The number of rotatable bonds is 5. The molecule has 0 saturated heterocycles. The van der Waals surface area contributed by atoms with Gasteiger partial charge in [-0.2, -0.15) is 5.10 Å². The standard InChI is InChI=1S/C20H20ClN3O2/c1-11-5-4-6-17(21)16(11)10-22-20-15-9-13-14(19(15)23-24-20)7-12(25-2)8-18(13)26-3/h4-8H,9-10H2,1-3H3,(H2,22,23,24). The minimum absolute atomic E-state index is 0.625. The molecular formula is C20H20ClN3O2. The third kappa shape index (κ3) is 2.69. The van der Waals surface area contributed by atoms with Crippen molar-refractivity contribution in [3.63, 3.8) is 0 Å². The van der Waals surface area contributed by atoms with Gasteiger partial charge in [-0.15, -0.1) is 0 Å². The fourth-order valence-corrected chi connectivity index (χ4v) is 3.76. The summed E-state index contributed by atoms with van der Waals surface area (Å²) in [7, 11) is 3.34. The van der Waals surface area contributed by atoms with Crippen molar-refractivity contribution in [2.24, 2.45) is 0 Å². The zero-order chi connectivity index (χ0) is 18.3. The molecule has 2 aromatic carbocycles. The molecule has 1 aliphatic rings. The van der Waals surface area contributed by atoms with E-state index in [-0.39, 0.29) is 0 Å². The van der Waals surface area contributed by atoms with Crippen LogP contribution in [0.1, 0.15) is 22.3 Å². The molecule has 3 aromatic rings. The molecular weight excluding hydrogens is 350 g/mol. The summed E-state index contributed by atoms with van der Waals surface area (Å²) < 4.78 is 10.9. The lowest BCUT2D eigenvalue weighted by Crippen LogP contribution is -2.04. The van der Waals surface area contributed by atoms with Gasteiger partial charge in [0.1, 0.15) is 11.5 Å². The Hall–Kier alpha value is -2.66. The van der Waals surface area contributed by atoms with E-state index in [4.69, 9.17) is 21.1 Å². The molecule has 5 nitrogen and oxygen atoms in total. The molecule has 0 spiro atoms. The van der Waals surface area contributed by atoms with E-state index in [0.29, 0.717) is 6.54 Å². The average molecular weight is 370 g/mol. The second kappa shape index (κ2) is 6.57. The maximum absolute atomic E-state index is 6.33. The van der Waals surface area contributed by atoms with E-state index in [1.54, 1.807) is 14.2 Å². The largest absolute Gasteiger partial charge is 0.497 e. The molecule has 134 valence electrons. The number of benzene rings is 2. The molecule has 0 amide bonds. The van der Waals surface area contributed by atoms with Gasteiger partial charge in [-0.05, 0) is 30.2 Å². The zero-order valence-corrected chi connectivity index (χ0v) is 15.7. The van der Waals surface area contributed by atoms with E-state index in [0.717, 1.165) is 62.3 Å².